The van der Waals surface area contributed by atoms with Crippen LogP contribution in [0.25, 0.3) is 0 Å². The van der Waals surface area contributed by atoms with Gasteiger partial charge in [0.25, 0.3) is 0 Å². The smallest absolute Gasteiger partial charge is 0.231 e. The fourth-order valence-electron chi connectivity index (χ4n) is 9.48. The fraction of sp³-hybridized carbons (Fsp3) is 0.520. The normalized spacial score (nSPS) is 20.0. The number of anilines is 4. The van der Waals surface area contributed by atoms with Gasteiger partial charge in [0.15, 0.2) is 0 Å². The summed E-state index contributed by atoms with van der Waals surface area (Å²) in [5, 5.41) is 0. The number of rotatable bonds is 14. The summed E-state index contributed by atoms with van der Waals surface area (Å²) < 4.78 is 24.6. The van der Waals surface area contributed by atoms with E-state index in [9.17, 15) is 14.0 Å². The number of halogens is 1. The van der Waals surface area contributed by atoms with Crippen molar-refractivity contribution in [1.29, 1.82) is 0 Å². The average molecular weight is 863 g/mol. The Morgan fingerprint density at radius 2 is 0.968 bits per heavy atom. The zero-order valence-electron chi connectivity index (χ0n) is 37.4. The molecule has 0 bridgehead atoms. The Hall–Kier alpha value is -5.27. The summed E-state index contributed by atoms with van der Waals surface area (Å²) in [6, 6.07) is 27.8. The number of methoxy groups -OCH3 is 2. The number of amides is 2. The molecule has 2 saturated heterocycles. The maximum absolute atomic E-state index is 13.6. The van der Waals surface area contributed by atoms with Crippen molar-refractivity contribution in [2.75, 3.05) is 112 Å². The van der Waals surface area contributed by atoms with E-state index in [4.69, 9.17) is 9.47 Å². The van der Waals surface area contributed by atoms with Crippen LogP contribution in [0.15, 0.2) is 97.3 Å². The van der Waals surface area contributed by atoms with E-state index >= 15 is 0 Å². The van der Waals surface area contributed by atoms with Gasteiger partial charge in [0.1, 0.15) is 29.3 Å². The molecule has 4 fully saturated rings. The van der Waals surface area contributed by atoms with Crippen LogP contribution >= 0.6 is 0 Å². The van der Waals surface area contributed by atoms with Crippen LogP contribution in [0.3, 0.4) is 0 Å². The number of hydrogen-bond acceptors (Lipinski definition) is 10. The second-order valence-corrected chi connectivity index (χ2v) is 17.1. The van der Waals surface area contributed by atoms with Gasteiger partial charge in [-0.3, -0.25) is 29.2 Å². The molecular formula is C50H67FN8O4. The molecule has 338 valence electrons. The number of ether oxygens (including phenoxy) is 2. The van der Waals surface area contributed by atoms with Crippen molar-refractivity contribution in [3.8, 4) is 11.5 Å². The van der Waals surface area contributed by atoms with Crippen molar-refractivity contribution in [1.82, 2.24) is 19.8 Å². The predicted molar refractivity (Wildman–Crippen MR) is 250 cm³/mol. The molecule has 0 N–H and O–H groups in total. The summed E-state index contributed by atoms with van der Waals surface area (Å²) in [5.41, 5.74) is 2.29. The summed E-state index contributed by atoms with van der Waals surface area (Å²) in [7, 11) is 3.43. The highest BCUT2D eigenvalue weighted by Gasteiger charge is 2.32. The molecule has 13 heteroatoms. The molecule has 2 saturated carbocycles. The summed E-state index contributed by atoms with van der Waals surface area (Å²) in [4.78, 5) is 48.9. The number of carbonyl (C=O) groups is 2. The number of para-hydroxylation sites is 4. The molecule has 0 radical (unpaired) electrons. The summed E-state index contributed by atoms with van der Waals surface area (Å²) in [6.45, 7) is 10.5. The van der Waals surface area contributed by atoms with Crippen molar-refractivity contribution < 1.29 is 23.5 Å². The van der Waals surface area contributed by atoms with Crippen molar-refractivity contribution >= 4 is 34.8 Å². The third-order valence-corrected chi connectivity index (χ3v) is 13.2. The first-order chi connectivity index (χ1) is 30.9. The van der Waals surface area contributed by atoms with Crippen molar-refractivity contribution in [3.05, 3.63) is 97.3 Å². The van der Waals surface area contributed by atoms with Crippen LogP contribution in [0.5, 0.6) is 11.5 Å². The molecule has 2 aliphatic heterocycles. The molecule has 2 amide bonds. The van der Waals surface area contributed by atoms with Gasteiger partial charge in [0.05, 0.1) is 25.6 Å². The van der Waals surface area contributed by atoms with Crippen LogP contribution in [0.2, 0.25) is 0 Å². The molecule has 4 heterocycles. The number of alkyl halides is 1. The van der Waals surface area contributed by atoms with Gasteiger partial charge in [-0.1, -0.05) is 55.7 Å². The van der Waals surface area contributed by atoms with E-state index in [0.29, 0.717) is 44.6 Å². The molecular weight excluding hydrogens is 796 g/mol. The molecule has 4 aliphatic rings. The van der Waals surface area contributed by atoms with Gasteiger partial charge in [-0.2, -0.15) is 0 Å². The fourth-order valence-corrected chi connectivity index (χ4v) is 9.48. The maximum atomic E-state index is 13.6. The van der Waals surface area contributed by atoms with Gasteiger partial charge >= 0.3 is 0 Å². The van der Waals surface area contributed by atoms with Crippen LogP contribution in [0, 0.1) is 11.8 Å². The monoisotopic (exact) mass is 863 g/mol. The predicted octanol–water partition coefficient (Wildman–Crippen LogP) is 7.60. The Morgan fingerprint density at radius 3 is 1.38 bits per heavy atom. The first kappa shape index (κ1) is 45.7. The number of pyridine rings is 2. The molecule has 0 atom stereocenters. The second-order valence-electron chi connectivity index (χ2n) is 17.1. The van der Waals surface area contributed by atoms with Crippen LogP contribution in [0.1, 0.15) is 57.8 Å². The zero-order chi connectivity index (χ0) is 43.8. The molecule has 0 unspecified atom stereocenters. The lowest BCUT2D eigenvalue weighted by atomic mass is 9.87. The first-order valence-corrected chi connectivity index (χ1v) is 23.2. The topological polar surface area (TPSA) is 97.8 Å². The Balaban J connectivity index is 0.000000189. The van der Waals surface area contributed by atoms with Crippen molar-refractivity contribution in [2.45, 2.75) is 64.0 Å². The van der Waals surface area contributed by atoms with Gasteiger partial charge < -0.3 is 19.3 Å². The van der Waals surface area contributed by atoms with E-state index in [1.54, 1.807) is 26.6 Å². The molecule has 8 rings (SSSR count). The largest absolute Gasteiger partial charge is 0.495 e. The molecule has 0 spiro atoms. The Bertz CT molecular complexity index is 1980. The summed E-state index contributed by atoms with van der Waals surface area (Å²) in [6.07, 6.45) is 10.6. The number of aromatic nitrogens is 2. The maximum Gasteiger partial charge on any atom is 0.231 e. The number of piperazine rings is 2. The SMILES string of the molecule is COc1ccccc1N1CCN(CCN(C(=O)C2CCC(F)CC2)c2ccccn2)CC1.COc1ccccc1N1CCN(CCN(C(=O)C2CCCCC2)c2ccccn2)CC1. The van der Waals surface area contributed by atoms with Crippen LogP contribution in [0.4, 0.5) is 27.4 Å². The van der Waals surface area contributed by atoms with E-state index < -0.39 is 6.17 Å². The number of benzene rings is 2. The van der Waals surface area contributed by atoms with E-state index in [0.717, 1.165) is 120 Å². The molecule has 2 aliphatic carbocycles. The van der Waals surface area contributed by atoms with Crippen LogP contribution in [-0.2, 0) is 9.59 Å². The summed E-state index contributed by atoms with van der Waals surface area (Å²) in [5.74, 6) is 3.68. The van der Waals surface area contributed by atoms with E-state index in [-0.39, 0.29) is 23.7 Å². The molecule has 63 heavy (non-hydrogen) atoms. The lowest BCUT2D eigenvalue weighted by Gasteiger charge is -2.37. The number of nitrogens with zero attached hydrogens (tertiary/aromatic N) is 8. The van der Waals surface area contributed by atoms with Crippen molar-refractivity contribution in [2.24, 2.45) is 11.8 Å². The lowest BCUT2D eigenvalue weighted by molar-refractivity contribution is -0.124. The molecule has 2 aromatic carbocycles. The average Bonchev–Trinajstić information content (AvgIpc) is 3.35. The Kier molecular flexibility index (Phi) is 17.0. The van der Waals surface area contributed by atoms with Gasteiger partial charge in [0, 0.05) is 103 Å². The number of hydrogen-bond donors (Lipinski definition) is 0. The standard InChI is InChI=1S/C25H33FN4O2.C25H34N4O2/c1-32-23-7-3-2-6-22(23)29-17-14-28(15-18-29)16-19-30(24-8-4-5-13-27-24)25(31)20-9-11-21(26)12-10-20;1-31-23-12-6-5-11-22(23)28-18-15-27(16-19-28)17-20-29(24-13-7-8-14-26-24)25(30)21-9-3-2-4-10-21/h2-8,13,20-21H,9-12,14-19H2,1H3;5-8,11-14,21H,2-4,9-10,15-20H2,1H3. The quantitative estimate of drug-likeness (QED) is 0.126. The van der Waals surface area contributed by atoms with E-state index in [2.05, 4.69) is 47.8 Å². The third kappa shape index (κ3) is 12.5. The lowest BCUT2D eigenvalue weighted by Crippen LogP contribution is -2.50. The minimum atomic E-state index is -0.762. The minimum absolute atomic E-state index is 0.0863. The van der Waals surface area contributed by atoms with Gasteiger partial charge in [-0.05, 0) is 87.1 Å². The Labute approximate surface area is 374 Å². The zero-order valence-corrected chi connectivity index (χ0v) is 37.4. The number of carbonyl (C=O) groups excluding carboxylic acids is 2. The van der Waals surface area contributed by atoms with Crippen LogP contribution in [-0.4, -0.2) is 131 Å². The van der Waals surface area contributed by atoms with E-state index in [1.165, 1.54) is 6.42 Å². The van der Waals surface area contributed by atoms with Crippen LogP contribution < -0.4 is 29.1 Å². The third-order valence-electron chi connectivity index (χ3n) is 13.2. The van der Waals surface area contributed by atoms with Crippen molar-refractivity contribution in [3.63, 3.8) is 0 Å². The minimum Gasteiger partial charge on any atom is -0.495 e. The van der Waals surface area contributed by atoms with Gasteiger partial charge in [-0.15, -0.1) is 0 Å². The first-order valence-electron chi connectivity index (χ1n) is 23.2. The molecule has 4 aromatic rings. The highest BCUT2D eigenvalue weighted by Crippen LogP contribution is 2.32. The van der Waals surface area contributed by atoms with Gasteiger partial charge in [0.2, 0.25) is 11.8 Å². The highest BCUT2D eigenvalue weighted by molar-refractivity contribution is 5.94. The van der Waals surface area contributed by atoms with E-state index in [1.807, 2.05) is 76.5 Å². The highest BCUT2D eigenvalue weighted by atomic mass is 19.1. The summed E-state index contributed by atoms with van der Waals surface area (Å²) >= 11 is 0. The van der Waals surface area contributed by atoms with Gasteiger partial charge in [-0.25, -0.2) is 14.4 Å². The molecule has 12 nitrogen and oxygen atoms in total. The Morgan fingerprint density at radius 1 is 0.556 bits per heavy atom. The molecule has 2 aromatic heterocycles. The second kappa shape index (κ2) is 23.4.